The summed E-state index contributed by atoms with van der Waals surface area (Å²) in [6.07, 6.45) is 8.10. The van der Waals surface area contributed by atoms with Crippen molar-refractivity contribution in [2.75, 3.05) is 0 Å². The highest BCUT2D eigenvalue weighted by molar-refractivity contribution is 5.73. The molecule has 0 saturated heterocycles. The molecule has 0 aromatic heterocycles. The predicted octanol–water partition coefficient (Wildman–Crippen LogP) is 3.23. The quantitative estimate of drug-likeness (QED) is 0.508. The van der Waals surface area contributed by atoms with Gasteiger partial charge in [0.15, 0.2) is 0 Å². The lowest BCUT2D eigenvalue weighted by Crippen LogP contribution is -2.22. The second kappa shape index (κ2) is 5.79. The number of rotatable bonds is 6. The first-order valence-electron chi connectivity index (χ1n) is 4.89. The fraction of sp³-hybridized carbons (Fsp3) is 0.727. The van der Waals surface area contributed by atoms with Crippen LogP contribution >= 0.6 is 0 Å². The van der Waals surface area contributed by atoms with Crippen molar-refractivity contribution in [3.63, 3.8) is 0 Å². The first-order chi connectivity index (χ1) is 6.00. The molecule has 0 heterocycles. The monoisotopic (exact) mass is 184 g/mol. The van der Waals surface area contributed by atoms with Gasteiger partial charge in [0, 0.05) is 0 Å². The molecule has 0 saturated carbocycles. The summed E-state index contributed by atoms with van der Waals surface area (Å²) in [6.45, 7) is 5.65. The summed E-state index contributed by atoms with van der Waals surface area (Å²) >= 11 is 0. The van der Waals surface area contributed by atoms with Gasteiger partial charge in [0.1, 0.15) is 0 Å². The van der Waals surface area contributed by atoms with Crippen molar-refractivity contribution >= 4 is 5.97 Å². The van der Waals surface area contributed by atoms with Crippen molar-refractivity contribution in [2.45, 2.75) is 46.5 Å². The summed E-state index contributed by atoms with van der Waals surface area (Å²) in [5, 5.41) is 8.81. The summed E-state index contributed by atoms with van der Waals surface area (Å²) in [5.74, 6) is -0.729. The van der Waals surface area contributed by atoms with E-state index in [1.54, 1.807) is 13.8 Å². The fourth-order valence-electron chi connectivity index (χ4n) is 0.905. The highest BCUT2D eigenvalue weighted by Gasteiger charge is 2.24. The summed E-state index contributed by atoms with van der Waals surface area (Å²) in [6, 6.07) is 0. The van der Waals surface area contributed by atoms with Gasteiger partial charge in [0.2, 0.25) is 0 Å². The molecule has 0 aliphatic heterocycles. The Morgan fingerprint density at radius 2 is 2.00 bits per heavy atom. The second-order valence-electron chi connectivity index (χ2n) is 4.01. The number of aliphatic carboxylic acids is 1. The molecule has 0 bridgehead atoms. The van der Waals surface area contributed by atoms with E-state index in [0.717, 1.165) is 6.42 Å². The predicted molar refractivity (Wildman–Crippen MR) is 54.7 cm³/mol. The SMILES string of the molecule is CCCCC=CCC(C)(C)C(=O)O. The third-order valence-corrected chi connectivity index (χ3v) is 2.10. The Bertz CT molecular complexity index is 181. The average molecular weight is 184 g/mol. The third-order valence-electron chi connectivity index (χ3n) is 2.10. The Balaban J connectivity index is 3.74. The van der Waals surface area contributed by atoms with Gasteiger partial charge in [-0.2, -0.15) is 0 Å². The molecule has 2 heteroatoms. The fourth-order valence-corrected chi connectivity index (χ4v) is 0.905. The van der Waals surface area contributed by atoms with Gasteiger partial charge in [-0.1, -0.05) is 31.9 Å². The van der Waals surface area contributed by atoms with Crippen LogP contribution in [0.3, 0.4) is 0 Å². The van der Waals surface area contributed by atoms with Crippen LogP contribution in [0.4, 0.5) is 0 Å². The molecule has 0 aliphatic rings. The van der Waals surface area contributed by atoms with Gasteiger partial charge in [-0.05, 0) is 26.7 Å². The van der Waals surface area contributed by atoms with E-state index in [1.165, 1.54) is 12.8 Å². The molecular weight excluding hydrogens is 164 g/mol. The Labute approximate surface area is 80.7 Å². The third kappa shape index (κ3) is 5.45. The number of hydrogen-bond donors (Lipinski definition) is 1. The van der Waals surface area contributed by atoms with E-state index in [9.17, 15) is 4.79 Å². The molecule has 2 nitrogen and oxygen atoms in total. The largest absolute Gasteiger partial charge is 0.481 e. The maximum absolute atomic E-state index is 10.7. The van der Waals surface area contributed by atoms with Crippen LogP contribution in [0.2, 0.25) is 0 Å². The first kappa shape index (κ1) is 12.2. The molecule has 0 amide bonds. The molecule has 0 unspecified atom stereocenters. The Morgan fingerprint density at radius 1 is 1.38 bits per heavy atom. The minimum atomic E-state index is -0.729. The van der Waals surface area contributed by atoms with Gasteiger partial charge >= 0.3 is 5.97 Å². The van der Waals surface area contributed by atoms with Crippen LogP contribution < -0.4 is 0 Å². The zero-order chi connectivity index (χ0) is 10.3. The normalized spacial score (nSPS) is 12.2. The summed E-state index contributed by atoms with van der Waals surface area (Å²) < 4.78 is 0. The van der Waals surface area contributed by atoms with Gasteiger partial charge in [-0.25, -0.2) is 0 Å². The van der Waals surface area contributed by atoms with Crippen LogP contribution in [0, 0.1) is 5.41 Å². The van der Waals surface area contributed by atoms with Gasteiger partial charge < -0.3 is 5.11 Å². The smallest absolute Gasteiger partial charge is 0.309 e. The number of carboxylic acids is 1. The maximum atomic E-state index is 10.7. The molecule has 0 aliphatic carbocycles. The van der Waals surface area contributed by atoms with E-state index in [0.29, 0.717) is 6.42 Å². The van der Waals surface area contributed by atoms with Gasteiger partial charge in [0.05, 0.1) is 5.41 Å². The minimum Gasteiger partial charge on any atom is -0.481 e. The van der Waals surface area contributed by atoms with Crippen molar-refractivity contribution < 1.29 is 9.90 Å². The van der Waals surface area contributed by atoms with E-state index in [1.807, 2.05) is 6.08 Å². The van der Waals surface area contributed by atoms with Crippen LogP contribution in [-0.4, -0.2) is 11.1 Å². The van der Waals surface area contributed by atoms with Crippen LogP contribution in [0.15, 0.2) is 12.2 Å². The summed E-state index contributed by atoms with van der Waals surface area (Å²) in [4.78, 5) is 10.7. The van der Waals surface area contributed by atoms with Crippen molar-refractivity contribution in [1.29, 1.82) is 0 Å². The highest BCUT2D eigenvalue weighted by atomic mass is 16.4. The van der Waals surface area contributed by atoms with E-state index < -0.39 is 11.4 Å². The molecule has 0 spiro atoms. The summed E-state index contributed by atoms with van der Waals surface area (Å²) in [5.41, 5.74) is -0.622. The van der Waals surface area contributed by atoms with Crippen LogP contribution in [0.1, 0.15) is 46.5 Å². The van der Waals surface area contributed by atoms with Crippen LogP contribution in [-0.2, 0) is 4.79 Å². The molecule has 0 aromatic carbocycles. The van der Waals surface area contributed by atoms with E-state index in [2.05, 4.69) is 13.0 Å². The summed E-state index contributed by atoms with van der Waals surface area (Å²) in [7, 11) is 0. The molecule has 76 valence electrons. The maximum Gasteiger partial charge on any atom is 0.309 e. The lowest BCUT2D eigenvalue weighted by atomic mass is 9.89. The minimum absolute atomic E-state index is 0.617. The van der Waals surface area contributed by atoms with E-state index in [-0.39, 0.29) is 0 Å². The molecule has 1 N–H and O–H groups in total. The Morgan fingerprint density at radius 3 is 2.46 bits per heavy atom. The van der Waals surface area contributed by atoms with Crippen LogP contribution in [0.5, 0.6) is 0 Å². The zero-order valence-corrected chi connectivity index (χ0v) is 8.84. The molecule has 0 radical (unpaired) electrons. The van der Waals surface area contributed by atoms with Crippen LogP contribution in [0.25, 0.3) is 0 Å². The molecule has 0 atom stereocenters. The zero-order valence-electron chi connectivity index (χ0n) is 8.84. The van der Waals surface area contributed by atoms with Crippen molar-refractivity contribution in [2.24, 2.45) is 5.41 Å². The number of allylic oxidation sites excluding steroid dienone is 2. The molecule has 0 fully saturated rings. The number of unbranched alkanes of at least 4 members (excludes halogenated alkanes) is 2. The second-order valence-corrected chi connectivity index (χ2v) is 4.01. The highest BCUT2D eigenvalue weighted by Crippen LogP contribution is 2.20. The standard InChI is InChI=1S/C11H20O2/c1-4-5-6-7-8-9-11(2,3)10(12)13/h7-8H,4-6,9H2,1-3H3,(H,12,13). The van der Waals surface area contributed by atoms with Crippen molar-refractivity contribution in [3.05, 3.63) is 12.2 Å². The van der Waals surface area contributed by atoms with E-state index in [4.69, 9.17) is 5.11 Å². The lowest BCUT2D eigenvalue weighted by Gasteiger charge is -2.15. The molecule has 0 rings (SSSR count). The Hall–Kier alpha value is -0.790. The number of carboxylic acid groups (broad SMARTS) is 1. The molecular formula is C11H20O2. The lowest BCUT2D eigenvalue weighted by molar-refractivity contribution is -0.146. The first-order valence-corrected chi connectivity index (χ1v) is 4.89. The molecule has 13 heavy (non-hydrogen) atoms. The molecule has 0 aromatic rings. The number of carbonyl (C=O) groups is 1. The van der Waals surface area contributed by atoms with Crippen molar-refractivity contribution in [3.8, 4) is 0 Å². The van der Waals surface area contributed by atoms with Gasteiger partial charge in [0.25, 0.3) is 0 Å². The van der Waals surface area contributed by atoms with Crippen molar-refractivity contribution in [1.82, 2.24) is 0 Å². The van der Waals surface area contributed by atoms with E-state index >= 15 is 0 Å². The average Bonchev–Trinajstić information content (AvgIpc) is 2.03. The Kier molecular flexibility index (Phi) is 5.44. The number of hydrogen-bond acceptors (Lipinski definition) is 1. The van der Waals surface area contributed by atoms with Gasteiger partial charge in [-0.15, -0.1) is 0 Å². The van der Waals surface area contributed by atoms with Gasteiger partial charge in [-0.3, -0.25) is 4.79 Å². The topological polar surface area (TPSA) is 37.3 Å².